The van der Waals surface area contributed by atoms with E-state index in [1.54, 1.807) is 0 Å². The van der Waals surface area contributed by atoms with Crippen molar-refractivity contribution in [1.29, 1.82) is 0 Å². The Bertz CT molecular complexity index is 2900. The summed E-state index contributed by atoms with van der Waals surface area (Å²) in [6.07, 6.45) is 0. The molecule has 244 valence electrons. The molecule has 1 aromatic heterocycles. The number of para-hydroxylation sites is 1. The molecule has 1 heterocycles. The van der Waals surface area contributed by atoms with E-state index >= 15 is 0 Å². The van der Waals surface area contributed by atoms with Crippen molar-refractivity contribution >= 4 is 60.5 Å². The fourth-order valence-electron chi connectivity index (χ4n) is 7.60. The van der Waals surface area contributed by atoms with Crippen LogP contribution in [0.15, 0.2) is 205 Å². The van der Waals surface area contributed by atoms with Gasteiger partial charge >= 0.3 is 0 Å². The van der Waals surface area contributed by atoms with Crippen molar-refractivity contribution in [3.05, 3.63) is 200 Å². The van der Waals surface area contributed by atoms with Crippen molar-refractivity contribution < 1.29 is 4.42 Å². The zero-order chi connectivity index (χ0) is 34.4. The zero-order valence-electron chi connectivity index (χ0n) is 28.4. The lowest BCUT2D eigenvalue weighted by Gasteiger charge is -2.27. The molecule has 0 saturated carbocycles. The summed E-state index contributed by atoms with van der Waals surface area (Å²) < 4.78 is 6.36. The number of hydrogen-bond donors (Lipinski definition) is 0. The highest BCUT2D eigenvalue weighted by Crippen LogP contribution is 2.44. The molecule has 0 atom stereocenters. The maximum atomic E-state index is 6.36. The SMILES string of the molecule is c1ccc(-c2ccc(N(c3ccc4ccc(-c5cccc(-c6ccc7ccccc7c6)c5)cc4c3)c3cccc4oc5ccccc5c34)cc2)cc1. The highest BCUT2D eigenvalue weighted by Gasteiger charge is 2.20. The van der Waals surface area contributed by atoms with Gasteiger partial charge in [0.25, 0.3) is 0 Å². The first-order valence-corrected chi connectivity index (χ1v) is 17.7. The van der Waals surface area contributed by atoms with Gasteiger partial charge in [-0.05, 0) is 116 Å². The van der Waals surface area contributed by atoms with Crippen LogP contribution in [0.25, 0.3) is 76.9 Å². The fraction of sp³-hybridized carbons (Fsp3) is 0. The minimum absolute atomic E-state index is 0.874. The van der Waals surface area contributed by atoms with Gasteiger partial charge in [0.2, 0.25) is 0 Å². The third-order valence-corrected chi connectivity index (χ3v) is 10.2. The van der Waals surface area contributed by atoms with Gasteiger partial charge in [0.1, 0.15) is 11.2 Å². The molecule has 9 aromatic carbocycles. The Labute approximate surface area is 302 Å². The van der Waals surface area contributed by atoms with Crippen LogP contribution in [-0.4, -0.2) is 0 Å². The van der Waals surface area contributed by atoms with Crippen molar-refractivity contribution in [2.45, 2.75) is 0 Å². The second kappa shape index (κ2) is 12.5. The summed E-state index contributed by atoms with van der Waals surface area (Å²) in [5.41, 5.74) is 12.2. The lowest BCUT2D eigenvalue weighted by molar-refractivity contribution is 0.669. The van der Waals surface area contributed by atoms with Gasteiger partial charge in [-0.25, -0.2) is 0 Å². The molecule has 0 saturated heterocycles. The molecule has 0 unspecified atom stereocenters. The lowest BCUT2D eigenvalue weighted by atomic mass is 9.96. The minimum atomic E-state index is 0.874. The predicted octanol–water partition coefficient (Wildman–Crippen LogP) is 14.4. The van der Waals surface area contributed by atoms with Gasteiger partial charge in [0.15, 0.2) is 0 Å². The van der Waals surface area contributed by atoms with E-state index < -0.39 is 0 Å². The smallest absolute Gasteiger partial charge is 0.137 e. The van der Waals surface area contributed by atoms with Crippen molar-refractivity contribution in [1.82, 2.24) is 0 Å². The highest BCUT2D eigenvalue weighted by atomic mass is 16.3. The van der Waals surface area contributed by atoms with Crippen LogP contribution < -0.4 is 4.90 Å². The van der Waals surface area contributed by atoms with E-state index in [0.717, 1.165) is 39.0 Å². The molecule has 0 fully saturated rings. The second-order valence-electron chi connectivity index (χ2n) is 13.4. The Morgan fingerprint density at radius 2 is 0.846 bits per heavy atom. The molecule has 0 bridgehead atoms. The molecular formula is C50H33NO. The summed E-state index contributed by atoms with van der Waals surface area (Å²) in [7, 11) is 0. The van der Waals surface area contributed by atoms with E-state index in [4.69, 9.17) is 4.42 Å². The van der Waals surface area contributed by atoms with Crippen molar-refractivity contribution in [2.24, 2.45) is 0 Å². The molecule has 2 heteroatoms. The number of anilines is 3. The van der Waals surface area contributed by atoms with Gasteiger partial charge in [0, 0.05) is 16.8 Å². The van der Waals surface area contributed by atoms with Crippen LogP contribution in [0, 0.1) is 0 Å². The van der Waals surface area contributed by atoms with E-state index in [1.165, 1.54) is 54.9 Å². The van der Waals surface area contributed by atoms with Gasteiger partial charge in [0.05, 0.1) is 11.1 Å². The average Bonchev–Trinajstić information content (AvgIpc) is 3.61. The van der Waals surface area contributed by atoms with Gasteiger partial charge in [-0.2, -0.15) is 0 Å². The summed E-state index contributed by atoms with van der Waals surface area (Å²) in [5, 5.41) is 7.09. The molecular weight excluding hydrogens is 631 g/mol. The first kappa shape index (κ1) is 30.0. The molecule has 2 nitrogen and oxygen atoms in total. The molecule has 0 radical (unpaired) electrons. The highest BCUT2D eigenvalue weighted by molar-refractivity contribution is 6.13. The first-order chi connectivity index (χ1) is 25.7. The van der Waals surface area contributed by atoms with Gasteiger partial charge in [-0.3, -0.25) is 0 Å². The number of hydrogen-bond acceptors (Lipinski definition) is 2. The summed E-state index contributed by atoms with van der Waals surface area (Å²) >= 11 is 0. The number of furan rings is 1. The summed E-state index contributed by atoms with van der Waals surface area (Å²) in [5.74, 6) is 0. The molecule has 10 aromatic rings. The van der Waals surface area contributed by atoms with Gasteiger partial charge < -0.3 is 9.32 Å². The normalized spacial score (nSPS) is 11.5. The molecule has 0 aliphatic heterocycles. The van der Waals surface area contributed by atoms with Crippen LogP contribution in [0.2, 0.25) is 0 Å². The maximum Gasteiger partial charge on any atom is 0.137 e. The Morgan fingerprint density at radius 1 is 0.308 bits per heavy atom. The summed E-state index contributed by atoms with van der Waals surface area (Å²) in [6.45, 7) is 0. The topological polar surface area (TPSA) is 16.4 Å². The van der Waals surface area contributed by atoms with E-state index in [-0.39, 0.29) is 0 Å². The Hall–Kier alpha value is -6.90. The molecule has 0 amide bonds. The molecule has 10 rings (SSSR count). The summed E-state index contributed by atoms with van der Waals surface area (Å²) in [4.78, 5) is 2.37. The predicted molar refractivity (Wildman–Crippen MR) is 220 cm³/mol. The van der Waals surface area contributed by atoms with Gasteiger partial charge in [-0.15, -0.1) is 0 Å². The maximum absolute atomic E-state index is 6.36. The Balaban J connectivity index is 1.10. The molecule has 0 N–H and O–H groups in total. The van der Waals surface area contributed by atoms with Crippen LogP contribution in [0.4, 0.5) is 17.1 Å². The molecule has 0 spiro atoms. The monoisotopic (exact) mass is 663 g/mol. The third kappa shape index (κ3) is 5.30. The minimum Gasteiger partial charge on any atom is -0.456 e. The fourth-order valence-corrected chi connectivity index (χ4v) is 7.60. The van der Waals surface area contributed by atoms with Crippen LogP contribution in [0.3, 0.4) is 0 Å². The Kier molecular flexibility index (Phi) is 7.18. The lowest BCUT2D eigenvalue weighted by Crippen LogP contribution is -2.10. The van der Waals surface area contributed by atoms with Crippen molar-refractivity contribution in [3.63, 3.8) is 0 Å². The molecule has 52 heavy (non-hydrogen) atoms. The number of nitrogens with zero attached hydrogens (tertiary/aromatic N) is 1. The zero-order valence-corrected chi connectivity index (χ0v) is 28.4. The van der Waals surface area contributed by atoms with Crippen LogP contribution in [0.5, 0.6) is 0 Å². The van der Waals surface area contributed by atoms with Crippen LogP contribution in [0.1, 0.15) is 0 Å². The largest absolute Gasteiger partial charge is 0.456 e. The van der Waals surface area contributed by atoms with Crippen molar-refractivity contribution in [3.8, 4) is 33.4 Å². The number of fused-ring (bicyclic) bond motifs is 5. The summed E-state index contributed by atoms with van der Waals surface area (Å²) in [6, 6.07) is 71.8. The van der Waals surface area contributed by atoms with E-state index in [0.29, 0.717) is 0 Å². The van der Waals surface area contributed by atoms with Gasteiger partial charge in [-0.1, -0.05) is 140 Å². The quantitative estimate of drug-likeness (QED) is 0.176. The van der Waals surface area contributed by atoms with Crippen LogP contribution >= 0.6 is 0 Å². The first-order valence-electron chi connectivity index (χ1n) is 17.7. The van der Waals surface area contributed by atoms with E-state index in [9.17, 15) is 0 Å². The molecule has 0 aliphatic carbocycles. The average molecular weight is 664 g/mol. The van der Waals surface area contributed by atoms with E-state index in [1.807, 2.05) is 12.1 Å². The standard InChI is InChI=1S/C50H33NO/c1-2-10-34(11-3-1)36-24-27-44(28-25-36)51(47-17-9-19-49-50(47)46-16-6-7-18-48(46)52-49)45-29-26-37-21-23-42(32-43(37)33-45)40-15-8-14-39(31-40)41-22-20-35-12-4-5-13-38(35)30-41/h1-33H. The third-order valence-electron chi connectivity index (χ3n) is 10.2. The van der Waals surface area contributed by atoms with Crippen LogP contribution in [-0.2, 0) is 0 Å². The van der Waals surface area contributed by atoms with Crippen molar-refractivity contribution in [2.75, 3.05) is 4.90 Å². The number of benzene rings is 9. The second-order valence-corrected chi connectivity index (χ2v) is 13.4. The Morgan fingerprint density at radius 3 is 1.65 bits per heavy atom. The number of rotatable bonds is 6. The van der Waals surface area contributed by atoms with E-state index in [2.05, 4.69) is 193 Å². The molecule has 0 aliphatic rings.